The first kappa shape index (κ1) is 25.0. The highest BCUT2D eigenvalue weighted by atomic mass is 16.7. The number of imidazole rings is 1. The Morgan fingerprint density at radius 2 is 1.70 bits per heavy atom. The lowest BCUT2D eigenvalue weighted by Crippen LogP contribution is -2.34. The van der Waals surface area contributed by atoms with E-state index in [0.29, 0.717) is 26.1 Å². The molecule has 1 fully saturated rings. The van der Waals surface area contributed by atoms with Gasteiger partial charge in [0.15, 0.2) is 6.29 Å². The molecule has 1 aliphatic rings. The largest absolute Gasteiger partial charge is 0.392 e. The van der Waals surface area contributed by atoms with Crippen LogP contribution in [0.1, 0.15) is 48.0 Å². The van der Waals surface area contributed by atoms with Crippen molar-refractivity contribution in [3.63, 3.8) is 0 Å². The normalized spacial score (nSPS) is 19.6. The quantitative estimate of drug-likeness (QED) is 0.329. The van der Waals surface area contributed by atoms with Gasteiger partial charge in [0.1, 0.15) is 0 Å². The van der Waals surface area contributed by atoms with Gasteiger partial charge in [0, 0.05) is 25.1 Å². The second-order valence-corrected chi connectivity index (χ2v) is 9.19. The summed E-state index contributed by atoms with van der Waals surface area (Å²) in [6.45, 7) is 3.57. The van der Waals surface area contributed by atoms with E-state index in [4.69, 9.17) is 9.47 Å². The molecular weight excluding hydrogens is 468 g/mol. The number of carbonyl (C=O) groups excluding carboxylic acids is 1. The van der Waals surface area contributed by atoms with Crippen molar-refractivity contribution in [1.82, 2.24) is 20.2 Å². The smallest absolute Gasteiger partial charge is 0.315 e. The molecule has 4 aromatic rings. The van der Waals surface area contributed by atoms with Gasteiger partial charge in [-0.3, -0.25) is 0 Å². The van der Waals surface area contributed by atoms with Crippen LogP contribution in [0.2, 0.25) is 0 Å². The minimum atomic E-state index is -0.540. The maximum Gasteiger partial charge on any atom is 0.315 e. The molecule has 1 saturated heterocycles. The predicted molar refractivity (Wildman–Crippen MR) is 141 cm³/mol. The van der Waals surface area contributed by atoms with E-state index >= 15 is 0 Å². The van der Waals surface area contributed by atoms with Crippen molar-refractivity contribution in [2.45, 2.75) is 51.5 Å². The number of fused-ring (bicyclic) bond motifs is 1. The predicted octanol–water partition coefficient (Wildman–Crippen LogP) is 4.59. The number of aliphatic hydroxyl groups is 1. The second-order valence-electron chi connectivity index (χ2n) is 9.19. The SMILES string of the molecule is CCNC(=O)NCc1ccc([C@H]2O[C@@H](Cn3cnc4ccccc43)C[C@@H](c3ccc(CO)cc3)O2)cc1. The van der Waals surface area contributed by atoms with Gasteiger partial charge in [-0.1, -0.05) is 60.7 Å². The molecule has 3 N–H and O–H groups in total. The van der Waals surface area contributed by atoms with Gasteiger partial charge in [-0.2, -0.15) is 0 Å². The summed E-state index contributed by atoms with van der Waals surface area (Å²) in [6, 6.07) is 23.7. The lowest BCUT2D eigenvalue weighted by Gasteiger charge is -2.36. The summed E-state index contributed by atoms with van der Waals surface area (Å²) in [5.74, 6) is 0. The number of nitrogens with zero attached hydrogens (tertiary/aromatic N) is 2. The third kappa shape index (κ3) is 5.99. The van der Waals surface area contributed by atoms with Crippen molar-refractivity contribution in [3.8, 4) is 0 Å². The van der Waals surface area contributed by atoms with E-state index in [2.05, 4.69) is 26.3 Å². The van der Waals surface area contributed by atoms with E-state index in [9.17, 15) is 9.90 Å². The third-order valence-electron chi connectivity index (χ3n) is 6.58. The van der Waals surface area contributed by atoms with Crippen molar-refractivity contribution in [1.29, 1.82) is 0 Å². The summed E-state index contributed by atoms with van der Waals surface area (Å²) in [5.41, 5.74) is 5.85. The van der Waals surface area contributed by atoms with Gasteiger partial charge in [-0.15, -0.1) is 0 Å². The van der Waals surface area contributed by atoms with Gasteiger partial charge in [0.25, 0.3) is 0 Å². The van der Waals surface area contributed by atoms with Crippen LogP contribution in [0, 0.1) is 0 Å². The fraction of sp³-hybridized carbons (Fsp3) is 0.310. The van der Waals surface area contributed by atoms with Crippen molar-refractivity contribution >= 4 is 17.1 Å². The van der Waals surface area contributed by atoms with E-state index < -0.39 is 6.29 Å². The first-order valence-corrected chi connectivity index (χ1v) is 12.6. The number of rotatable bonds is 8. The van der Waals surface area contributed by atoms with Crippen molar-refractivity contribution < 1.29 is 19.4 Å². The van der Waals surface area contributed by atoms with Gasteiger partial charge in [0.2, 0.25) is 0 Å². The van der Waals surface area contributed by atoms with Crippen molar-refractivity contribution in [3.05, 3.63) is 101 Å². The molecule has 1 aromatic heterocycles. The van der Waals surface area contributed by atoms with Crippen molar-refractivity contribution in [2.75, 3.05) is 6.54 Å². The molecule has 3 atom stereocenters. The van der Waals surface area contributed by atoms with Crippen LogP contribution in [-0.4, -0.2) is 33.3 Å². The lowest BCUT2D eigenvalue weighted by atomic mass is 10.00. The number of nitrogens with one attached hydrogen (secondary N) is 2. The average molecular weight is 501 g/mol. The molecular formula is C29H32N4O4. The molecule has 37 heavy (non-hydrogen) atoms. The number of aliphatic hydroxyl groups excluding tert-OH is 1. The average Bonchev–Trinajstić information content (AvgIpc) is 3.35. The highest BCUT2D eigenvalue weighted by molar-refractivity contribution is 5.75. The minimum absolute atomic E-state index is 0.00911. The highest BCUT2D eigenvalue weighted by Gasteiger charge is 2.32. The minimum Gasteiger partial charge on any atom is -0.392 e. The molecule has 192 valence electrons. The zero-order chi connectivity index (χ0) is 25.6. The Hall–Kier alpha value is -3.72. The summed E-state index contributed by atoms with van der Waals surface area (Å²) < 4.78 is 15.0. The first-order valence-electron chi connectivity index (χ1n) is 12.6. The second kappa shape index (κ2) is 11.6. The number of para-hydroxylation sites is 2. The molecule has 8 heteroatoms. The molecule has 0 aliphatic carbocycles. The Bertz CT molecular complexity index is 1320. The van der Waals surface area contributed by atoms with Crippen LogP contribution in [-0.2, 0) is 29.2 Å². The van der Waals surface area contributed by atoms with Gasteiger partial charge in [-0.25, -0.2) is 9.78 Å². The third-order valence-corrected chi connectivity index (χ3v) is 6.58. The van der Waals surface area contributed by atoms with Gasteiger partial charge >= 0.3 is 6.03 Å². The molecule has 8 nitrogen and oxygen atoms in total. The first-order chi connectivity index (χ1) is 18.1. The maximum atomic E-state index is 11.7. The molecule has 0 radical (unpaired) electrons. The Morgan fingerprint density at radius 1 is 0.973 bits per heavy atom. The zero-order valence-electron chi connectivity index (χ0n) is 20.8. The monoisotopic (exact) mass is 500 g/mol. The summed E-state index contributed by atoms with van der Waals surface area (Å²) in [4.78, 5) is 16.2. The number of hydrogen-bond acceptors (Lipinski definition) is 5. The van der Waals surface area contributed by atoms with Crippen molar-refractivity contribution in [2.24, 2.45) is 0 Å². The summed E-state index contributed by atoms with van der Waals surface area (Å²) in [5, 5.41) is 15.0. The zero-order valence-corrected chi connectivity index (χ0v) is 20.8. The maximum absolute atomic E-state index is 11.7. The Morgan fingerprint density at radius 3 is 2.46 bits per heavy atom. The van der Waals surface area contributed by atoms with Crippen LogP contribution >= 0.6 is 0 Å². The van der Waals surface area contributed by atoms with E-state index in [1.54, 1.807) is 0 Å². The molecule has 1 aliphatic heterocycles. The number of ether oxygens (including phenoxy) is 2. The van der Waals surface area contributed by atoms with E-state index in [0.717, 1.165) is 33.3 Å². The van der Waals surface area contributed by atoms with Crippen LogP contribution < -0.4 is 10.6 Å². The van der Waals surface area contributed by atoms with E-state index in [1.165, 1.54) is 0 Å². The number of benzene rings is 3. The molecule has 5 rings (SSSR count). The molecule has 3 aromatic carbocycles. The lowest BCUT2D eigenvalue weighted by molar-refractivity contribution is -0.252. The fourth-order valence-electron chi connectivity index (χ4n) is 4.61. The van der Waals surface area contributed by atoms with Crippen LogP contribution in [0.5, 0.6) is 0 Å². The molecule has 0 spiro atoms. The number of urea groups is 1. The number of aromatic nitrogens is 2. The van der Waals surface area contributed by atoms with Crippen LogP contribution in [0.15, 0.2) is 79.1 Å². The molecule has 2 heterocycles. The number of carbonyl (C=O) groups is 1. The number of amides is 2. The van der Waals surface area contributed by atoms with Gasteiger partial charge in [0.05, 0.1) is 42.7 Å². The van der Waals surface area contributed by atoms with Crippen LogP contribution in [0.25, 0.3) is 11.0 Å². The topological polar surface area (TPSA) is 97.6 Å². The van der Waals surface area contributed by atoms with E-state index in [-0.39, 0.29) is 24.8 Å². The standard InChI is InChI=1S/C29H32N4O4/c1-2-30-29(35)31-16-20-7-13-23(14-8-20)28-36-24(17-33-19-32-25-5-3-4-6-26(25)33)15-27(37-28)22-11-9-21(18-34)10-12-22/h3-14,19,24,27-28,34H,2,15-18H2,1H3,(H2,30,31,35)/t24-,27+,28+/m1/s1. The van der Waals surface area contributed by atoms with Gasteiger partial charge < -0.3 is 29.8 Å². The summed E-state index contributed by atoms with van der Waals surface area (Å²) in [7, 11) is 0. The molecule has 2 amide bonds. The Kier molecular flexibility index (Phi) is 7.79. The summed E-state index contributed by atoms with van der Waals surface area (Å²) >= 11 is 0. The Labute approximate surface area is 216 Å². The molecule has 0 bridgehead atoms. The summed E-state index contributed by atoms with van der Waals surface area (Å²) in [6.07, 6.45) is 1.75. The van der Waals surface area contributed by atoms with Crippen LogP contribution in [0.3, 0.4) is 0 Å². The van der Waals surface area contributed by atoms with Crippen LogP contribution in [0.4, 0.5) is 4.79 Å². The highest BCUT2D eigenvalue weighted by Crippen LogP contribution is 2.38. The number of hydrogen-bond donors (Lipinski definition) is 3. The molecule has 0 unspecified atom stereocenters. The van der Waals surface area contributed by atoms with Gasteiger partial charge in [-0.05, 0) is 35.7 Å². The fourth-order valence-corrected chi connectivity index (χ4v) is 4.61. The van der Waals surface area contributed by atoms with E-state index in [1.807, 2.05) is 80.0 Å². The Balaban J connectivity index is 1.35. The molecule has 0 saturated carbocycles.